The molecule has 0 aromatic rings. The number of esters is 1. The Morgan fingerprint density at radius 1 is 1.69 bits per heavy atom. The third-order valence-electron chi connectivity index (χ3n) is 1.74. The fourth-order valence-corrected chi connectivity index (χ4v) is 0.983. The van der Waals surface area contributed by atoms with E-state index in [0.717, 1.165) is 17.7 Å². The first-order chi connectivity index (χ1) is 6.20. The van der Waals surface area contributed by atoms with Crippen molar-refractivity contribution in [2.75, 3.05) is 13.2 Å². The molecular weight excluding hydrogens is 170 g/mol. The van der Waals surface area contributed by atoms with Crippen LogP contribution >= 0.6 is 0 Å². The molecule has 0 radical (unpaired) electrons. The van der Waals surface area contributed by atoms with Gasteiger partial charge in [-0.3, -0.25) is 4.79 Å². The van der Waals surface area contributed by atoms with Gasteiger partial charge in [0, 0.05) is 13.3 Å². The van der Waals surface area contributed by atoms with Crippen molar-refractivity contribution in [2.45, 2.75) is 20.3 Å². The van der Waals surface area contributed by atoms with E-state index in [0.29, 0.717) is 13.2 Å². The molecule has 0 unspecified atom stereocenters. The molecule has 0 N–H and O–H groups in total. The highest BCUT2D eigenvalue weighted by atomic mass is 16.6. The van der Waals surface area contributed by atoms with Gasteiger partial charge >= 0.3 is 5.97 Å². The molecule has 0 saturated carbocycles. The molecule has 0 bridgehead atoms. The summed E-state index contributed by atoms with van der Waals surface area (Å²) in [5.41, 5.74) is 1.95. The molecule has 0 atom stereocenters. The molecule has 0 spiro atoms. The van der Waals surface area contributed by atoms with Gasteiger partial charge in [-0.2, -0.15) is 0 Å². The molecular formula is C9H13NO3. The van der Waals surface area contributed by atoms with Crippen molar-refractivity contribution >= 4 is 11.7 Å². The van der Waals surface area contributed by atoms with Gasteiger partial charge in [0.15, 0.2) is 0 Å². The molecule has 0 amide bonds. The second-order valence-electron chi connectivity index (χ2n) is 2.81. The van der Waals surface area contributed by atoms with Gasteiger partial charge in [-0.15, -0.1) is 0 Å². The Balaban J connectivity index is 2.37. The summed E-state index contributed by atoms with van der Waals surface area (Å²) in [5.74, 6) is -0.270. The van der Waals surface area contributed by atoms with Crippen LogP contribution in [0.4, 0.5) is 0 Å². The summed E-state index contributed by atoms with van der Waals surface area (Å²) in [6.45, 7) is 4.27. The Kier molecular flexibility index (Phi) is 3.49. The summed E-state index contributed by atoms with van der Waals surface area (Å²) in [6, 6.07) is 0. The van der Waals surface area contributed by atoms with Crippen LogP contribution in [-0.2, 0) is 14.4 Å². The molecule has 72 valence electrons. The SMILES string of the molecule is CC(=O)OC/C=C(\C)C1=NOCC1. The molecule has 0 saturated heterocycles. The van der Waals surface area contributed by atoms with E-state index in [1.807, 2.05) is 13.0 Å². The fraction of sp³-hybridized carbons (Fsp3) is 0.556. The van der Waals surface area contributed by atoms with Gasteiger partial charge in [-0.05, 0) is 18.6 Å². The zero-order valence-electron chi connectivity index (χ0n) is 7.87. The number of carbonyl (C=O) groups excluding carboxylic acids is 1. The van der Waals surface area contributed by atoms with Crippen LogP contribution in [-0.4, -0.2) is 24.9 Å². The molecule has 1 rings (SSSR count). The largest absolute Gasteiger partial charge is 0.462 e. The maximum atomic E-state index is 10.4. The van der Waals surface area contributed by atoms with E-state index in [4.69, 9.17) is 9.57 Å². The average molecular weight is 183 g/mol. The number of rotatable bonds is 3. The van der Waals surface area contributed by atoms with E-state index in [1.165, 1.54) is 6.92 Å². The summed E-state index contributed by atoms with van der Waals surface area (Å²) >= 11 is 0. The zero-order chi connectivity index (χ0) is 9.68. The monoisotopic (exact) mass is 183 g/mol. The predicted octanol–water partition coefficient (Wildman–Crippen LogP) is 1.27. The van der Waals surface area contributed by atoms with Gasteiger partial charge in [0.25, 0.3) is 0 Å². The molecule has 13 heavy (non-hydrogen) atoms. The van der Waals surface area contributed by atoms with Gasteiger partial charge < -0.3 is 9.57 Å². The van der Waals surface area contributed by atoms with E-state index in [-0.39, 0.29) is 5.97 Å². The highest BCUT2D eigenvalue weighted by Gasteiger charge is 2.09. The second kappa shape index (κ2) is 4.64. The van der Waals surface area contributed by atoms with Crippen LogP contribution in [0.3, 0.4) is 0 Å². The lowest BCUT2D eigenvalue weighted by molar-refractivity contribution is -0.139. The van der Waals surface area contributed by atoms with Gasteiger partial charge in [-0.25, -0.2) is 0 Å². The lowest BCUT2D eigenvalue weighted by atomic mass is 10.1. The van der Waals surface area contributed by atoms with E-state index < -0.39 is 0 Å². The minimum atomic E-state index is -0.270. The molecule has 1 heterocycles. The normalized spacial score (nSPS) is 16.5. The molecule has 0 fully saturated rings. The second-order valence-corrected chi connectivity index (χ2v) is 2.81. The summed E-state index contributed by atoms with van der Waals surface area (Å²) in [5, 5.41) is 3.84. The Labute approximate surface area is 77.2 Å². The van der Waals surface area contributed by atoms with Gasteiger partial charge in [-0.1, -0.05) is 5.16 Å². The third-order valence-corrected chi connectivity index (χ3v) is 1.74. The van der Waals surface area contributed by atoms with Crippen LogP contribution in [0.15, 0.2) is 16.8 Å². The van der Waals surface area contributed by atoms with Crippen LogP contribution < -0.4 is 0 Å². The first-order valence-corrected chi connectivity index (χ1v) is 4.19. The molecule has 1 aliphatic heterocycles. The van der Waals surface area contributed by atoms with Crippen LogP contribution in [0.1, 0.15) is 20.3 Å². The van der Waals surface area contributed by atoms with Crippen LogP contribution in [0, 0.1) is 0 Å². The topological polar surface area (TPSA) is 47.9 Å². The smallest absolute Gasteiger partial charge is 0.302 e. The minimum Gasteiger partial charge on any atom is -0.462 e. The van der Waals surface area contributed by atoms with Crippen LogP contribution in [0.5, 0.6) is 0 Å². The summed E-state index contributed by atoms with van der Waals surface area (Å²) in [6.07, 6.45) is 2.66. The van der Waals surface area contributed by atoms with Crippen molar-refractivity contribution < 1.29 is 14.4 Å². The van der Waals surface area contributed by atoms with Gasteiger partial charge in [0.2, 0.25) is 0 Å². The van der Waals surface area contributed by atoms with E-state index in [9.17, 15) is 4.79 Å². The highest BCUT2D eigenvalue weighted by Crippen LogP contribution is 2.08. The number of carbonyl (C=O) groups is 1. The van der Waals surface area contributed by atoms with Crippen molar-refractivity contribution in [2.24, 2.45) is 5.16 Å². The Morgan fingerprint density at radius 2 is 2.46 bits per heavy atom. The number of hydrogen-bond donors (Lipinski definition) is 0. The van der Waals surface area contributed by atoms with Crippen molar-refractivity contribution in [1.82, 2.24) is 0 Å². The standard InChI is InChI=1S/C9H13NO3/c1-7(3-5-12-8(2)11)9-4-6-13-10-9/h3H,4-6H2,1-2H3/b7-3+. The van der Waals surface area contributed by atoms with Crippen molar-refractivity contribution in [3.8, 4) is 0 Å². The van der Waals surface area contributed by atoms with E-state index in [1.54, 1.807) is 0 Å². The molecule has 0 aromatic carbocycles. The van der Waals surface area contributed by atoms with Crippen molar-refractivity contribution in [3.05, 3.63) is 11.6 Å². The first-order valence-electron chi connectivity index (χ1n) is 4.19. The third kappa shape index (κ3) is 3.27. The summed E-state index contributed by atoms with van der Waals surface area (Å²) in [7, 11) is 0. The Bertz CT molecular complexity index is 256. The van der Waals surface area contributed by atoms with E-state index in [2.05, 4.69) is 5.16 Å². The number of allylic oxidation sites excluding steroid dienone is 1. The maximum Gasteiger partial charge on any atom is 0.302 e. The minimum absolute atomic E-state index is 0.270. The summed E-state index contributed by atoms with van der Waals surface area (Å²) < 4.78 is 4.76. The zero-order valence-corrected chi connectivity index (χ0v) is 7.87. The lowest BCUT2D eigenvalue weighted by Crippen LogP contribution is -2.01. The Hall–Kier alpha value is -1.32. The highest BCUT2D eigenvalue weighted by molar-refractivity contribution is 5.99. The quantitative estimate of drug-likeness (QED) is 0.619. The number of hydrogen-bond acceptors (Lipinski definition) is 4. The molecule has 0 aliphatic carbocycles. The maximum absolute atomic E-state index is 10.4. The van der Waals surface area contributed by atoms with Gasteiger partial charge in [0.1, 0.15) is 13.2 Å². The van der Waals surface area contributed by atoms with Crippen molar-refractivity contribution in [3.63, 3.8) is 0 Å². The van der Waals surface area contributed by atoms with Crippen LogP contribution in [0.2, 0.25) is 0 Å². The van der Waals surface area contributed by atoms with Crippen LogP contribution in [0.25, 0.3) is 0 Å². The number of nitrogens with zero attached hydrogens (tertiary/aromatic N) is 1. The average Bonchev–Trinajstić information content (AvgIpc) is 2.55. The lowest BCUT2D eigenvalue weighted by Gasteiger charge is -1.98. The summed E-state index contributed by atoms with van der Waals surface area (Å²) in [4.78, 5) is 15.3. The predicted molar refractivity (Wildman–Crippen MR) is 48.4 cm³/mol. The number of oxime groups is 1. The fourth-order valence-electron chi connectivity index (χ4n) is 0.983. The molecule has 1 aliphatic rings. The molecule has 4 nitrogen and oxygen atoms in total. The van der Waals surface area contributed by atoms with E-state index >= 15 is 0 Å². The Morgan fingerprint density at radius 3 is 3.00 bits per heavy atom. The molecule has 0 aromatic heterocycles. The number of ether oxygens (including phenoxy) is 1. The van der Waals surface area contributed by atoms with Gasteiger partial charge in [0.05, 0.1) is 5.71 Å². The first kappa shape index (κ1) is 9.77. The van der Waals surface area contributed by atoms with Crippen molar-refractivity contribution in [1.29, 1.82) is 0 Å². The molecule has 4 heteroatoms.